The Morgan fingerprint density at radius 3 is 2.35 bits per heavy atom. The fourth-order valence-electron chi connectivity index (χ4n) is 3.00. The molecule has 1 atom stereocenters. The van der Waals surface area contributed by atoms with Crippen LogP contribution in [0.25, 0.3) is 0 Å². The summed E-state index contributed by atoms with van der Waals surface area (Å²) in [6.45, 7) is 8.30. The normalized spacial score (nSPS) is 16.2. The Hall–Kier alpha value is -2.04. The molecule has 1 unspecified atom stereocenters. The van der Waals surface area contributed by atoms with E-state index in [0.29, 0.717) is 0 Å². The van der Waals surface area contributed by atoms with Crippen molar-refractivity contribution >= 4 is 11.9 Å². The molecule has 1 aromatic carbocycles. The molecule has 1 aromatic rings. The zero-order valence-electron chi connectivity index (χ0n) is 16.3. The maximum absolute atomic E-state index is 12.0. The molecule has 0 spiro atoms. The van der Waals surface area contributed by atoms with E-state index in [4.69, 9.17) is 9.47 Å². The highest BCUT2D eigenvalue weighted by molar-refractivity contribution is 5.83. The van der Waals surface area contributed by atoms with E-state index in [1.54, 1.807) is 6.92 Å². The van der Waals surface area contributed by atoms with Gasteiger partial charge in [0.05, 0.1) is 13.0 Å². The van der Waals surface area contributed by atoms with Crippen LogP contribution in [0.1, 0.15) is 65.4 Å². The standard InChI is InChI=1S/C21H31NO4/c1-15(20(24)22-17-7-5-6-8-17)26-19(23)13-14-25-18-11-9-16(10-12-18)21(2,3)4/h9-12,15,17H,5-8,13-14H2,1-4H3,(H,22,24). The number of hydrogen-bond acceptors (Lipinski definition) is 4. The van der Waals surface area contributed by atoms with Crippen LogP contribution in [0.4, 0.5) is 0 Å². The quantitative estimate of drug-likeness (QED) is 0.751. The summed E-state index contributed by atoms with van der Waals surface area (Å²) < 4.78 is 10.8. The lowest BCUT2D eigenvalue weighted by molar-refractivity contribution is -0.155. The van der Waals surface area contributed by atoms with E-state index in [9.17, 15) is 9.59 Å². The van der Waals surface area contributed by atoms with Gasteiger partial charge in [0, 0.05) is 6.04 Å². The number of carbonyl (C=O) groups is 2. The number of benzene rings is 1. The first-order valence-corrected chi connectivity index (χ1v) is 9.49. The van der Waals surface area contributed by atoms with Gasteiger partial charge in [-0.05, 0) is 42.9 Å². The molecule has 0 heterocycles. The average Bonchev–Trinajstić information content (AvgIpc) is 3.07. The topological polar surface area (TPSA) is 64.6 Å². The molecule has 1 saturated carbocycles. The van der Waals surface area contributed by atoms with Crippen LogP contribution in [0.3, 0.4) is 0 Å². The molecule has 26 heavy (non-hydrogen) atoms. The predicted molar refractivity (Wildman–Crippen MR) is 101 cm³/mol. The maximum atomic E-state index is 12.0. The lowest BCUT2D eigenvalue weighted by atomic mass is 9.87. The summed E-state index contributed by atoms with van der Waals surface area (Å²) >= 11 is 0. The molecule has 1 aliphatic carbocycles. The van der Waals surface area contributed by atoms with Gasteiger partial charge in [0.2, 0.25) is 0 Å². The van der Waals surface area contributed by atoms with Crippen LogP contribution in [0.15, 0.2) is 24.3 Å². The van der Waals surface area contributed by atoms with Crippen molar-refractivity contribution in [1.82, 2.24) is 5.32 Å². The van der Waals surface area contributed by atoms with Gasteiger partial charge in [0.15, 0.2) is 6.10 Å². The first kappa shape index (κ1) is 20.3. The summed E-state index contributed by atoms with van der Waals surface area (Å²) in [5.74, 6) is 0.0761. The number of amides is 1. The van der Waals surface area contributed by atoms with Crippen molar-refractivity contribution < 1.29 is 19.1 Å². The van der Waals surface area contributed by atoms with Crippen LogP contribution < -0.4 is 10.1 Å². The zero-order chi connectivity index (χ0) is 19.2. The van der Waals surface area contributed by atoms with Gasteiger partial charge in [0.1, 0.15) is 5.75 Å². The highest BCUT2D eigenvalue weighted by Crippen LogP contribution is 2.24. The first-order chi connectivity index (χ1) is 12.3. The lowest BCUT2D eigenvalue weighted by Crippen LogP contribution is -2.41. The monoisotopic (exact) mass is 361 g/mol. The van der Waals surface area contributed by atoms with Crippen LogP contribution in [0.5, 0.6) is 5.75 Å². The second-order valence-electron chi connectivity index (χ2n) is 7.99. The lowest BCUT2D eigenvalue weighted by Gasteiger charge is -2.19. The maximum Gasteiger partial charge on any atom is 0.310 e. The molecule has 1 N–H and O–H groups in total. The van der Waals surface area contributed by atoms with Crippen LogP contribution in [0.2, 0.25) is 0 Å². The Morgan fingerprint density at radius 2 is 1.77 bits per heavy atom. The SMILES string of the molecule is CC(OC(=O)CCOc1ccc(C(C)(C)C)cc1)C(=O)NC1CCCC1. The van der Waals surface area contributed by atoms with Gasteiger partial charge in [0.25, 0.3) is 5.91 Å². The smallest absolute Gasteiger partial charge is 0.310 e. The fourth-order valence-corrected chi connectivity index (χ4v) is 3.00. The molecule has 0 bridgehead atoms. The average molecular weight is 361 g/mol. The summed E-state index contributed by atoms with van der Waals surface area (Å²) in [6.07, 6.45) is 3.65. The minimum atomic E-state index is -0.769. The number of ether oxygens (including phenoxy) is 2. The van der Waals surface area contributed by atoms with Crippen LogP contribution in [0, 0.1) is 0 Å². The second-order valence-corrected chi connectivity index (χ2v) is 7.99. The highest BCUT2D eigenvalue weighted by Gasteiger charge is 2.23. The van der Waals surface area contributed by atoms with E-state index in [0.717, 1.165) is 31.4 Å². The number of nitrogens with one attached hydrogen (secondary N) is 1. The van der Waals surface area contributed by atoms with Crippen molar-refractivity contribution in [2.24, 2.45) is 0 Å². The van der Waals surface area contributed by atoms with Crippen molar-refractivity contribution in [2.75, 3.05) is 6.61 Å². The summed E-state index contributed by atoms with van der Waals surface area (Å²) in [5, 5.41) is 2.94. The molecular weight excluding hydrogens is 330 g/mol. The minimum absolute atomic E-state index is 0.0948. The van der Waals surface area contributed by atoms with Crippen LogP contribution >= 0.6 is 0 Å². The second kappa shape index (κ2) is 9.06. The van der Waals surface area contributed by atoms with Crippen molar-refractivity contribution in [1.29, 1.82) is 0 Å². The van der Waals surface area contributed by atoms with Gasteiger partial charge in [-0.3, -0.25) is 9.59 Å². The number of carbonyl (C=O) groups excluding carboxylic acids is 2. The molecule has 0 aromatic heterocycles. The Labute approximate surface area is 156 Å². The molecule has 1 fully saturated rings. The van der Waals surface area contributed by atoms with Crippen molar-refractivity contribution in [3.05, 3.63) is 29.8 Å². The zero-order valence-corrected chi connectivity index (χ0v) is 16.3. The minimum Gasteiger partial charge on any atom is -0.493 e. The van der Waals surface area contributed by atoms with Gasteiger partial charge >= 0.3 is 5.97 Å². The molecule has 0 radical (unpaired) electrons. The Bertz CT molecular complexity index is 597. The number of rotatable bonds is 7. The predicted octanol–water partition coefficient (Wildman–Crippen LogP) is 3.74. The van der Waals surface area contributed by atoms with Crippen molar-refractivity contribution in [2.45, 2.75) is 77.4 Å². The Morgan fingerprint density at radius 1 is 1.15 bits per heavy atom. The van der Waals surface area contributed by atoms with Crippen LogP contribution in [-0.4, -0.2) is 30.6 Å². The third-order valence-corrected chi connectivity index (χ3v) is 4.67. The van der Waals surface area contributed by atoms with E-state index in [1.165, 1.54) is 5.56 Å². The molecule has 1 aliphatic rings. The number of hydrogen-bond donors (Lipinski definition) is 1. The largest absolute Gasteiger partial charge is 0.493 e. The molecule has 5 heteroatoms. The molecule has 2 rings (SSSR count). The molecule has 0 aliphatic heterocycles. The molecule has 5 nitrogen and oxygen atoms in total. The van der Waals surface area contributed by atoms with E-state index >= 15 is 0 Å². The van der Waals surface area contributed by atoms with Crippen LogP contribution in [-0.2, 0) is 19.7 Å². The molecular formula is C21H31NO4. The van der Waals surface area contributed by atoms with Crippen molar-refractivity contribution in [3.63, 3.8) is 0 Å². The third kappa shape index (κ3) is 6.36. The van der Waals surface area contributed by atoms with Gasteiger partial charge in [-0.2, -0.15) is 0 Å². The Kier molecular flexibility index (Phi) is 7.06. The Balaban J connectivity index is 1.68. The molecule has 1 amide bonds. The third-order valence-electron chi connectivity index (χ3n) is 4.67. The molecule has 0 saturated heterocycles. The van der Waals surface area contributed by atoms with E-state index in [1.807, 2.05) is 24.3 Å². The van der Waals surface area contributed by atoms with Gasteiger partial charge in [-0.15, -0.1) is 0 Å². The van der Waals surface area contributed by atoms with E-state index in [2.05, 4.69) is 26.1 Å². The fraction of sp³-hybridized carbons (Fsp3) is 0.619. The highest BCUT2D eigenvalue weighted by atomic mass is 16.5. The summed E-state index contributed by atoms with van der Waals surface area (Å²) in [6, 6.07) is 8.10. The first-order valence-electron chi connectivity index (χ1n) is 9.49. The van der Waals surface area contributed by atoms with E-state index in [-0.39, 0.29) is 30.4 Å². The van der Waals surface area contributed by atoms with Gasteiger partial charge < -0.3 is 14.8 Å². The van der Waals surface area contributed by atoms with Gasteiger partial charge in [-0.1, -0.05) is 45.7 Å². The van der Waals surface area contributed by atoms with E-state index < -0.39 is 12.1 Å². The molecule has 144 valence electrons. The summed E-state index contributed by atoms with van der Waals surface area (Å²) in [4.78, 5) is 23.9. The summed E-state index contributed by atoms with van der Waals surface area (Å²) in [7, 11) is 0. The summed E-state index contributed by atoms with van der Waals surface area (Å²) in [5.41, 5.74) is 1.32. The van der Waals surface area contributed by atoms with Gasteiger partial charge in [-0.25, -0.2) is 0 Å². The number of esters is 1. The van der Waals surface area contributed by atoms with Crippen molar-refractivity contribution in [3.8, 4) is 5.75 Å².